The molecule has 1 aromatic carbocycles. The van der Waals surface area contributed by atoms with Crippen molar-refractivity contribution in [3.05, 3.63) is 35.9 Å². The Labute approximate surface area is 126 Å². The molecular weight excluding hydrogens is 264 g/mol. The zero-order chi connectivity index (χ0) is 15.1. The molecule has 0 saturated heterocycles. The summed E-state index contributed by atoms with van der Waals surface area (Å²) in [5, 5.41) is 12.6. The SMILES string of the molecule is N[C@@H](CCc1ccccc1)C(=O)NCC1CCCC(O)C1. The Morgan fingerprint density at radius 1 is 1.33 bits per heavy atom. The summed E-state index contributed by atoms with van der Waals surface area (Å²) in [6, 6.07) is 9.61. The Morgan fingerprint density at radius 2 is 2.10 bits per heavy atom. The van der Waals surface area contributed by atoms with Crippen LogP contribution in [0, 0.1) is 5.92 Å². The van der Waals surface area contributed by atoms with E-state index in [0.717, 1.165) is 32.1 Å². The number of amides is 1. The number of benzene rings is 1. The van der Waals surface area contributed by atoms with Crippen LogP contribution in [0.4, 0.5) is 0 Å². The first-order valence-electron chi connectivity index (χ1n) is 7.90. The van der Waals surface area contributed by atoms with E-state index in [1.807, 2.05) is 30.3 Å². The van der Waals surface area contributed by atoms with E-state index in [9.17, 15) is 9.90 Å². The fraction of sp³-hybridized carbons (Fsp3) is 0.588. The number of carbonyl (C=O) groups is 1. The number of nitrogens with two attached hydrogens (primary N) is 1. The van der Waals surface area contributed by atoms with Gasteiger partial charge in [0, 0.05) is 6.54 Å². The second kappa shape index (κ2) is 8.15. The number of rotatable bonds is 6. The van der Waals surface area contributed by atoms with Gasteiger partial charge in [0.25, 0.3) is 0 Å². The van der Waals surface area contributed by atoms with Crippen LogP contribution in [0.1, 0.15) is 37.7 Å². The van der Waals surface area contributed by atoms with Crippen molar-refractivity contribution in [2.45, 2.75) is 50.7 Å². The molecule has 0 aliphatic heterocycles. The van der Waals surface area contributed by atoms with Gasteiger partial charge in [-0.05, 0) is 43.6 Å². The van der Waals surface area contributed by atoms with Gasteiger partial charge in [0.05, 0.1) is 12.1 Å². The molecule has 1 fully saturated rings. The highest BCUT2D eigenvalue weighted by Crippen LogP contribution is 2.23. The highest BCUT2D eigenvalue weighted by atomic mass is 16.3. The molecule has 0 aromatic heterocycles. The first-order valence-corrected chi connectivity index (χ1v) is 7.90. The maximum Gasteiger partial charge on any atom is 0.236 e. The summed E-state index contributed by atoms with van der Waals surface area (Å²) in [6.07, 6.45) is 5.08. The van der Waals surface area contributed by atoms with Gasteiger partial charge in [-0.15, -0.1) is 0 Å². The number of aliphatic hydroxyl groups excluding tert-OH is 1. The lowest BCUT2D eigenvalue weighted by Crippen LogP contribution is -2.43. The maximum atomic E-state index is 12.0. The Bertz CT molecular complexity index is 436. The monoisotopic (exact) mass is 290 g/mol. The van der Waals surface area contributed by atoms with Crippen molar-refractivity contribution in [2.75, 3.05) is 6.54 Å². The fourth-order valence-electron chi connectivity index (χ4n) is 2.92. The van der Waals surface area contributed by atoms with Crippen LogP contribution >= 0.6 is 0 Å². The highest BCUT2D eigenvalue weighted by molar-refractivity contribution is 5.81. The molecule has 4 heteroatoms. The van der Waals surface area contributed by atoms with E-state index in [-0.39, 0.29) is 12.0 Å². The lowest BCUT2D eigenvalue weighted by atomic mass is 9.87. The van der Waals surface area contributed by atoms with Crippen LogP contribution in [0.3, 0.4) is 0 Å². The van der Waals surface area contributed by atoms with Gasteiger partial charge in [0.2, 0.25) is 5.91 Å². The molecule has 3 atom stereocenters. The summed E-state index contributed by atoms with van der Waals surface area (Å²) >= 11 is 0. The molecule has 116 valence electrons. The van der Waals surface area contributed by atoms with E-state index >= 15 is 0 Å². The lowest BCUT2D eigenvalue weighted by molar-refractivity contribution is -0.122. The molecule has 4 N–H and O–H groups in total. The Kier molecular flexibility index (Phi) is 6.21. The van der Waals surface area contributed by atoms with Gasteiger partial charge in [0.1, 0.15) is 0 Å². The zero-order valence-electron chi connectivity index (χ0n) is 12.5. The van der Waals surface area contributed by atoms with Crippen LogP contribution < -0.4 is 11.1 Å². The summed E-state index contributed by atoms with van der Waals surface area (Å²) in [6.45, 7) is 0.634. The Hall–Kier alpha value is -1.39. The molecule has 1 aromatic rings. The van der Waals surface area contributed by atoms with E-state index < -0.39 is 6.04 Å². The van der Waals surface area contributed by atoms with Gasteiger partial charge in [-0.1, -0.05) is 36.8 Å². The van der Waals surface area contributed by atoms with Crippen LogP contribution in [-0.2, 0) is 11.2 Å². The van der Waals surface area contributed by atoms with Gasteiger partial charge < -0.3 is 16.2 Å². The largest absolute Gasteiger partial charge is 0.393 e. The molecular formula is C17H26N2O2. The number of nitrogens with one attached hydrogen (secondary N) is 1. The van der Waals surface area contributed by atoms with E-state index in [2.05, 4.69) is 5.32 Å². The standard InChI is InChI=1S/C17H26N2O2/c18-16(10-9-13-5-2-1-3-6-13)17(21)19-12-14-7-4-8-15(20)11-14/h1-3,5-6,14-16,20H,4,7-12,18H2,(H,19,21)/t14?,15?,16-/m0/s1. The number of aliphatic hydroxyl groups is 1. The first kappa shape index (κ1) is 16.0. The quantitative estimate of drug-likeness (QED) is 0.745. The zero-order valence-corrected chi connectivity index (χ0v) is 12.5. The van der Waals surface area contributed by atoms with Crippen molar-refractivity contribution >= 4 is 5.91 Å². The third kappa shape index (κ3) is 5.48. The molecule has 1 aliphatic carbocycles. The van der Waals surface area contributed by atoms with Crippen LogP contribution in [0.15, 0.2) is 30.3 Å². The number of hydrogen-bond donors (Lipinski definition) is 3. The topological polar surface area (TPSA) is 75.4 Å². The third-order valence-corrected chi connectivity index (χ3v) is 4.24. The van der Waals surface area contributed by atoms with E-state index in [0.29, 0.717) is 18.9 Å². The third-order valence-electron chi connectivity index (χ3n) is 4.24. The molecule has 1 aliphatic rings. The van der Waals surface area contributed by atoms with Crippen molar-refractivity contribution in [2.24, 2.45) is 11.7 Å². The predicted octanol–water partition coefficient (Wildman–Crippen LogP) is 1.61. The van der Waals surface area contributed by atoms with Crippen LogP contribution in [0.25, 0.3) is 0 Å². The molecule has 0 bridgehead atoms. The number of hydrogen-bond acceptors (Lipinski definition) is 3. The lowest BCUT2D eigenvalue weighted by Gasteiger charge is -2.26. The second-order valence-corrected chi connectivity index (χ2v) is 6.06. The van der Waals surface area contributed by atoms with E-state index in [1.54, 1.807) is 0 Å². The van der Waals surface area contributed by atoms with Crippen molar-refractivity contribution in [3.8, 4) is 0 Å². The average molecular weight is 290 g/mol. The molecule has 1 saturated carbocycles. The van der Waals surface area contributed by atoms with Gasteiger partial charge in [-0.2, -0.15) is 0 Å². The molecule has 21 heavy (non-hydrogen) atoms. The molecule has 0 spiro atoms. The van der Waals surface area contributed by atoms with Gasteiger partial charge in [-0.25, -0.2) is 0 Å². The normalized spacial score (nSPS) is 23.5. The van der Waals surface area contributed by atoms with E-state index in [1.165, 1.54) is 5.56 Å². The number of carbonyl (C=O) groups excluding carboxylic acids is 1. The van der Waals surface area contributed by atoms with Crippen molar-refractivity contribution < 1.29 is 9.90 Å². The average Bonchev–Trinajstić information content (AvgIpc) is 2.51. The first-order chi connectivity index (χ1) is 10.1. The Morgan fingerprint density at radius 3 is 2.81 bits per heavy atom. The van der Waals surface area contributed by atoms with E-state index in [4.69, 9.17) is 5.73 Å². The minimum absolute atomic E-state index is 0.0778. The minimum Gasteiger partial charge on any atom is -0.393 e. The number of aryl methyl sites for hydroxylation is 1. The second-order valence-electron chi connectivity index (χ2n) is 6.06. The molecule has 2 rings (SSSR count). The molecule has 1 amide bonds. The summed E-state index contributed by atoms with van der Waals surface area (Å²) in [7, 11) is 0. The van der Waals surface area contributed by atoms with Crippen LogP contribution in [0.5, 0.6) is 0 Å². The van der Waals surface area contributed by atoms with Gasteiger partial charge >= 0.3 is 0 Å². The van der Waals surface area contributed by atoms with Crippen molar-refractivity contribution in [1.29, 1.82) is 0 Å². The van der Waals surface area contributed by atoms with Crippen LogP contribution in [0.2, 0.25) is 0 Å². The highest BCUT2D eigenvalue weighted by Gasteiger charge is 2.21. The van der Waals surface area contributed by atoms with Gasteiger partial charge in [0.15, 0.2) is 0 Å². The Balaban J connectivity index is 1.67. The molecule has 0 heterocycles. The van der Waals surface area contributed by atoms with Crippen molar-refractivity contribution in [1.82, 2.24) is 5.32 Å². The molecule has 2 unspecified atom stereocenters. The molecule has 0 radical (unpaired) electrons. The summed E-state index contributed by atoms with van der Waals surface area (Å²) < 4.78 is 0. The summed E-state index contributed by atoms with van der Waals surface area (Å²) in [5.74, 6) is 0.310. The smallest absolute Gasteiger partial charge is 0.236 e. The van der Waals surface area contributed by atoms with Crippen LogP contribution in [-0.4, -0.2) is 29.7 Å². The minimum atomic E-state index is -0.460. The van der Waals surface area contributed by atoms with Crippen molar-refractivity contribution in [3.63, 3.8) is 0 Å². The maximum absolute atomic E-state index is 12.0. The predicted molar refractivity (Wildman–Crippen MR) is 83.7 cm³/mol. The molecule has 4 nitrogen and oxygen atoms in total. The summed E-state index contributed by atoms with van der Waals surface area (Å²) in [4.78, 5) is 12.0. The fourth-order valence-corrected chi connectivity index (χ4v) is 2.92. The van der Waals surface area contributed by atoms with Gasteiger partial charge in [-0.3, -0.25) is 4.79 Å². The summed E-state index contributed by atoms with van der Waals surface area (Å²) in [5.41, 5.74) is 7.15.